The van der Waals surface area contributed by atoms with Crippen LogP contribution in [0.15, 0.2) is 47.6 Å². The first kappa shape index (κ1) is 24.1. The number of hydrogen-bond acceptors (Lipinski definition) is 5. The van der Waals surface area contributed by atoms with Gasteiger partial charge in [-0.15, -0.1) is 10.2 Å². The molecule has 0 atom stereocenters. The number of benzene rings is 2. The Bertz CT molecular complexity index is 1050. The third kappa shape index (κ3) is 6.50. The molecule has 1 aromatic heterocycles. The number of ether oxygens (including phenoxy) is 1. The molecule has 0 saturated heterocycles. The standard InChI is InChI=1S/C24H29ClN4O2S/c1-4-5-6-10-23(30)26-15-22-27-28-24(29(22)21-14-19(25)12-11-17(21)2)32-16-18-8-7-9-20(13-18)31-3/h7-9,11-14H,4-6,10,15-16H2,1-3H3,(H,26,30). The monoisotopic (exact) mass is 472 g/mol. The summed E-state index contributed by atoms with van der Waals surface area (Å²) >= 11 is 7.88. The quantitative estimate of drug-likeness (QED) is 0.285. The maximum Gasteiger partial charge on any atom is 0.220 e. The van der Waals surface area contributed by atoms with E-state index in [1.807, 2.05) is 47.9 Å². The van der Waals surface area contributed by atoms with Crippen LogP contribution in [0.2, 0.25) is 5.02 Å². The predicted octanol–water partition coefficient (Wildman–Crippen LogP) is 5.73. The number of unbranched alkanes of at least 4 members (excludes halogenated alkanes) is 2. The third-order valence-corrected chi connectivity index (χ3v) is 6.30. The number of carbonyl (C=O) groups is 1. The second-order valence-corrected chi connectivity index (χ2v) is 8.92. The van der Waals surface area contributed by atoms with Crippen molar-refractivity contribution in [2.75, 3.05) is 7.11 Å². The van der Waals surface area contributed by atoms with E-state index in [9.17, 15) is 4.79 Å². The van der Waals surface area contributed by atoms with Gasteiger partial charge in [0, 0.05) is 17.2 Å². The molecular formula is C24H29ClN4O2S. The van der Waals surface area contributed by atoms with Crippen LogP contribution in [0.5, 0.6) is 5.75 Å². The number of methoxy groups -OCH3 is 1. The van der Waals surface area contributed by atoms with E-state index in [0.717, 1.165) is 47.0 Å². The van der Waals surface area contributed by atoms with Crippen molar-refractivity contribution >= 4 is 29.3 Å². The minimum Gasteiger partial charge on any atom is -0.497 e. The van der Waals surface area contributed by atoms with Crippen molar-refractivity contribution in [1.82, 2.24) is 20.1 Å². The summed E-state index contributed by atoms with van der Waals surface area (Å²) in [6.07, 6.45) is 3.56. The number of rotatable bonds is 11. The number of nitrogens with zero attached hydrogens (tertiary/aromatic N) is 3. The van der Waals surface area contributed by atoms with Crippen LogP contribution < -0.4 is 10.1 Å². The molecule has 3 rings (SSSR count). The molecule has 0 aliphatic carbocycles. The number of carbonyl (C=O) groups excluding carboxylic acids is 1. The largest absolute Gasteiger partial charge is 0.497 e. The lowest BCUT2D eigenvalue weighted by atomic mass is 10.2. The van der Waals surface area contributed by atoms with E-state index in [1.54, 1.807) is 18.9 Å². The Morgan fingerprint density at radius 2 is 2.03 bits per heavy atom. The van der Waals surface area contributed by atoms with Crippen LogP contribution in [0.4, 0.5) is 0 Å². The zero-order valence-electron chi connectivity index (χ0n) is 18.7. The Hall–Kier alpha value is -2.51. The molecule has 0 fully saturated rings. The SMILES string of the molecule is CCCCCC(=O)NCc1nnc(SCc2cccc(OC)c2)n1-c1cc(Cl)ccc1C. The maximum atomic E-state index is 12.2. The molecule has 6 nitrogen and oxygen atoms in total. The van der Waals surface area contributed by atoms with Crippen LogP contribution in [0.25, 0.3) is 5.69 Å². The van der Waals surface area contributed by atoms with Crippen molar-refractivity contribution in [2.24, 2.45) is 0 Å². The normalized spacial score (nSPS) is 10.9. The zero-order valence-corrected chi connectivity index (χ0v) is 20.3. The summed E-state index contributed by atoms with van der Waals surface area (Å²) in [7, 11) is 1.66. The van der Waals surface area contributed by atoms with Gasteiger partial charge in [0.15, 0.2) is 11.0 Å². The molecule has 32 heavy (non-hydrogen) atoms. The fourth-order valence-electron chi connectivity index (χ4n) is 3.29. The lowest BCUT2D eigenvalue weighted by Gasteiger charge is -2.14. The van der Waals surface area contributed by atoms with E-state index in [-0.39, 0.29) is 5.91 Å². The van der Waals surface area contributed by atoms with Crippen LogP contribution in [-0.4, -0.2) is 27.8 Å². The van der Waals surface area contributed by atoms with Crippen LogP contribution in [0, 0.1) is 6.92 Å². The Kier molecular flexibility index (Phi) is 9.00. The zero-order chi connectivity index (χ0) is 22.9. The molecule has 0 radical (unpaired) electrons. The fraction of sp³-hybridized carbons (Fsp3) is 0.375. The minimum absolute atomic E-state index is 0.0291. The van der Waals surface area contributed by atoms with E-state index in [2.05, 4.69) is 28.5 Å². The van der Waals surface area contributed by atoms with E-state index >= 15 is 0 Å². The summed E-state index contributed by atoms with van der Waals surface area (Å²) in [6, 6.07) is 13.7. The van der Waals surface area contributed by atoms with Gasteiger partial charge in [-0.3, -0.25) is 9.36 Å². The van der Waals surface area contributed by atoms with Crippen molar-refractivity contribution in [1.29, 1.82) is 0 Å². The van der Waals surface area contributed by atoms with Gasteiger partial charge in [-0.1, -0.05) is 61.3 Å². The molecule has 170 valence electrons. The Morgan fingerprint density at radius 1 is 1.19 bits per heavy atom. The van der Waals surface area contributed by atoms with Crippen LogP contribution in [-0.2, 0) is 17.1 Å². The third-order valence-electron chi connectivity index (χ3n) is 5.07. The van der Waals surface area contributed by atoms with E-state index in [1.165, 1.54) is 0 Å². The first-order valence-corrected chi connectivity index (χ1v) is 12.1. The second-order valence-electron chi connectivity index (χ2n) is 7.54. The van der Waals surface area contributed by atoms with Gasteiger partial charge >= 0.3 is 0 Å². The van der Waals surface area contributed by atoms with Crippen molar-refractivity contribution in [3.63, 3.8) is 0 Å². The molecule has 1 amide bonds. The van der Waals surface area contributed by atoms with Gasteiger partial charge in [-0.25, -0.2) is 0 Å². The summed E-state index contributed by atoms with van der Waals surface area (Å²) in [5.74, 6) is 2.23. The molecule has 8 heteroatoms. The van der Waals surface area contributed by atoms with E-state index in [0.29, 0.717) is 29.6 Å². The fourth-order valence-corrected chi connectivity index (χ4v) is 4.36. The lowest BCUT2D eigenvalue weighted by Crippen LogP contribution is -2.24. The predicted molar refractivity (Wildman–Crippen MR) is 130 cm³/mol. The van der Waals surface area contributed by atoms with Crippen LogP contribution in [0.3, 0.4) is 0 Å². The summed E-state index contributed by atoms with van der Waals surface area (Å²) < 4.78 is 7.31. The number of hydrogen-bond donors (Lipinski definition) is 1. The van der Waals surface area contributed by atoms with Crippen molar-refractivity contribution in [2.45, 2.75) is 57.0 Å². The average Bonchev–Trinajstić information content (AvgIpc) is 3.20. The second kappa shape index (κ2) is 11.9. The van der Waals surface area contributed by atoms with Gasteiger partial charge in [0.05, 0.1) is 19.3 Å². The van der Waals surface area contributed by atoms with E-state index < -0.39 is 0 Å². The molecule has 1 heterocycles. The number of nitrogens with one attached hydrogen (secondary N) is 1. The highest BCUT2D eigenvalue weighted by Crippen LogP contribution is 2.29. The summed E-state index contributed by atoms with van der Waals surface area (Å²) in [5, 5.41) is 13.2. The van der Waals surface area contributed by atoms with Gasteiger partial charge in [-0.05, 0) is 48.7 Å². The van der Waals surface area contributed by atoms with Crippen LogP contribution in [0.1, 0.15) is 49.6 Å². The molecule has 0 bridgehead atoms. The maximum absolute atomic E-state index is 12.2. The lowest BCUT2D eigenvalue weighted by molar-refractivity contribution is -0.121. The molecule has 2 aromatic carbocycles. The first-order valence-electron chi connectivity index (χ1n) is 10.7. The molecule has 0 spiro atoms. The van der Waals surface area contributed by atoms with Crippen molar-refractivity contribution in [3.8, 4) is 11.4 Å². The van der Waals surface area contributed by atoms with Crippen molar-refractivity contribution in [3.05, 3.63) is 64.4 Å². The van der Waals surface area contributed by atoms with Gasteiger partial charge in [-0.2, -0.15) is 0 Å². The molecule has 1 N–H and O–H groups in total. The number of aryl methyl sites for hydroxylation is 1. The summed E-state index contributed by atoms with van der Waals surface area (Å²) in [4.78, 5) is 12.2. The van der Waals surface area contributed by atoms with Crippen LogP contribution >= 0.6 is 23.4 Å². The highest BCUT2D eigenvalue weighted by Gasteiger charge is 2.17. The molecule has 3 aromatic rings. The first-order chi connectivity index (χ1) is 15.5. The number of thioether (sulfide) groups is 1. The summed E-state index contributed by atoms with van der Waals surface area (Å²) in [6.45, 7) is 4.46. The Morgan fingerprint density at radius 3 is 2.81 bits per heavy atom. The van der Waals surface area contributed by atoms with Gasteiger partial charge < -0.3 is 10.1 Å². The highest BCUT2D eigenvalue weighted by atomic mass is 35.5. The van der Waals surface area contributed by atoms with Gasteiger partial charge in [0.25, 0.3) is 0 Å². The number of halogens is 1. The number of aromatic nitrogens is 3. The highest BCUT2D eigenvalue weighted by molar-refractivity contribution is 7.98. The van der Waals surface area contributed by atoms with Gasteiger partial charge in [0.2, 0.25) is 5.91 Å². The molecule has 0 saturated carbocycles. The van der Waals surface area contributed by atoms with Crippen molar-refractivity contribution < 1.29 is 9.53 Å². The topological polar surface area (TPSA) is 69.0 Å². The molecule has 0 aliphatic rings. The molecule has 0 unspecified atom stereocenters. The molecule has 0 aliphatic heterocycles. The average molecular weight is 473 g/mol. The minimum atomic E-state index is 0.0291. The van der Waals surface area contributed by atoms with Gasteiger partial charge in [0.1, 0.15) is 5.75 Å². The number of amides is 1. The smallest absolute Gasteiger partial charge is 0.220 e. The summed E-state index contributed by atoms with van der Waals surface area (Å²) in [5.41, 5.74) is 3.08. The Labute approximate surface area is 198 Å². The van der Waals surface area contributed by atoms with E-state index in [4.69, 9.17) is 16.3 Å². The Balaban J connectivity index is 1.83. The molecular weight excluding hydrogens is 444 g/mol.